The molecule has 0 bridgehead atoms. The molecule has 4 rings (SSSR count). The maximum atomic E-state index is 15.5. The van der Waals surface area contributed by atoms with Gasteiger partial charge in [0.1, 0.15) is 11.5 Å². The van der Waals surface area contributed by atoms with Gasteiger partial charge in [-0.05, 0) is 31.2 Å². The van der Waals surface area contributed by atoms with Gasteiger partial charge in [-0.2, -0.15) is 4.98 Å². The number of anilines is 2. The number of benzene rings is 1. The van der Waals surface area contributed by atoms with E-state index in [2.05, 4.69) is 25.3 Å². The smallest absolute Gasteiger partial charge is 0.267 e. The first-order valence-corrected chi connectivity index (χ1v) is 11.5. The highest BCUT2D eigenvalue weighted by molar-refractivity contribution is 7.92. The van der Waals surface area contributed by atoms with Crippen LogP contribution in [-0.4, -0.2) is 42.5 Å². The molecule has 4 aromatic rings. The summed E-state index contributed by atoms with van der Waals surface area (Å²) in [6, 6.07) is 4.80. The summed E-state index contributed by atoms with van der Waals surface area (Å²) in [6.45, 7) is 1.63. The van der Waals surface area contributed by atoms with E-state index in [1.165, 1.54) is 25.6 Å². The Labute approximate surface area is 198 Å². The Kier molecular flexibility index (Phi) is 6.19. The summed E-state index contributed by atoms with van der Waals surface area (Å²) in [7, 11) is -1.65. The highest BCUT2D eigenvalue weighted by Crippen LogP contribution is 2.35. The lowest BCUT2D eigenvalue weighted by Gasteiger charge is -2.15. The van der Waals surface area contributed by atoms with Gasteiger partial charge in [-0.1, -0.05) is 11.6 Å². The van der Waals surface area contributed by atoms with Crippen molar-refractivity contribution in [2.75, 3.05) is 24.2 Å². The summed E-state index contributed by atoms with van der Waals surface area (Å²) in [5.74, 6) is -2.17. The average molecular weight is 507 g/mol. The van der Waals surface area contributed by atoms with Crippen LogP contribution in [0.3, 0.4) is 0 Å². The van der Waals surface area contributed by atoms with Crippen molar-refractivity contribution in [1.82, 2.24) is 19.9 Å². The summed E-state index contributed by atoms with van der Waals surface area (Å²) >= 11 is 5.86. The fraction of sp³-hybridized carbons (Fsp3) is 0.143. The van der Waals surface area contributed by atoms with Gasteiger partial charge in [0.05, 0.1) is 12.1 Å². The fourth-order valence-corrected chi connectivity index (χ4v) is 4.68. The maximum absolute atomic E-state index is 15.5. The van der Waals surface area contributed by atoms with Crippen molar-refractivity contribution in [2.24, 2.45) is 0 Å². The molecule has 34 heavy (non-hydrogen) atoms. The lowest BCUT2D eigenvalue weighted by atomic mass is 10.0. The van der Waals surface area contributed by atoms with Crippen molar-refractivity contribution in [2.45, 2.75) is 11.8 Å². The normalized spacial score (nSPS) is 11.5. The van der Waals surface area contributed by atoms with Crippen LogP contribution in [0.5, 0.6) is 5.88 Å². The van der Waals surface area contributed by atoms with Gasteiger partial charge in [0, 0.05) is 41.6 Å². The molecule has 0 aliphatic heterocycles. The second-order valence-electron chi connectivity index (χ2n) is 7.03. The zero-order chi connectivity index (χ0) is 24.6. The van der Waals surface area contributed by atoms with E-state index in [0.717, 1.165) is 12.1 Å². The minimum atomic E-state index is -4.52. The van der Waals surface area contributed by atoms with E-state index >= 15 is 4.39 Å². The summed E-state index contributed by atoms with van der Waals surface area (Å²) in [6.07, 6.45) is 2.69. The van der Waals surface area contributed by atoms with Crippen molar-refractivity contribution in [3.05, 3.63) is 59.0 Å². The number of ether oxygens (including phenoxy) is 1. The van der Waals surface area contributed by atoms with E-state index in [0.29, 0.717) is 28.2 Å². The van der Waals surface area contributed by atoms with Crippen LogP contribution in [0.4, 0.5) is 20.4 Å². The Morgan fingerprint density at radius 1 is 1.06 bits per heavy atom. The molecule has 0 fully saturated rings. The van der Waals surface area contributed by atoms with Gasteiger partial charge in [0.2, 0.25) is 11.8 Å². The number of rotatable bonds is 6. The molecular formula is C21H17ClF2N6O3S. The van der Waals surface area contributed by atoms with Crippen LogP contribution in [-0.2, 0) is 10.0 Å². The largest absolute Gasteiger partial charge is 0.480 e. The molecular weight excluding hydrogens is 490 g/mol. The summed E-state index contributed by atoms with van der Waals surface area (Å²) < 4.78 is 62.9. The van der Waals surface area contributed by atoms with Crippen molar-refractivity contribution in [1.29, 1.82) is 0 Å². The van der Waals surface area contributed by atoms with Gasteiger partial charge >= 0.3 is 0 Å². The molecule has 176 valence electrons. The van der Waals surface area contributed by atoms with Crippen molar-refractivity contribution < 1.29 is 21.9 Å². The zero-order valence-electron chi connectivity index (χ0n) is 18.0. The number of fused-ring (bicyclic) bond motifs is 1. The van der Waals surface area contributed by atoms with Gasteiger partial charge in [-0.3, -0.25) is 4.72 Å². The molecule has 0 aliphatic rings. The van der Waals surface area contributed by atoms with Gasteiger partial charge in [0.25, 0.3) is 10.0 Å². The van der Waals surface area contributed by atoms with Crippen LogP contribution in [0.15, 0.2) is 41.6 Å². The Morgan fingerprint density at radius 2 is 1.82 bits per heavy atom. The molecule has 1 aromatic carbocycles. The van der Waals surface area contributed by atoms with Crippen molar-refractivity contribution in [3.8, 4) is 17.0 Å². The van der Waals surface area contributed by atoms with Crippen LogP contribution < -0.4 is 14.8 Å². The molecule has 0 aliphatic carbocycles. The van der Waals surface area contributed by atoms with E-state index in [9.17, 15) is 12.8 Å². The Bertz CT molecular complexity index is 1540. The first kappa shape index (κ1) is 23.5. The summed E-state index contributed by atoms with van der Waals surface area (Å²) in [4.78, 5) is 16.0. The van der Waals surface area contributed by atoms with Crippen molar-refractivity contribution >= 4 is 44.3 Å². The molecule has 0 saturated heterocycles. The number of hydrogen-bond donors (Lipinski definition) is 2. The highest BCUT2D eigenvalue weighted by atomic mass is 35.5. The summed E-state index contributed by atoms with van der Waals surface area (Å²) in [5, 5.41) is 3.32. The number of methoxy groups -OCH3 is 1. The molecule has 0 atom stereocenters. The van der Waals surface area contributed by atoms with E-state index < -0.39 is 32.2 Å². The monoisotopic (exact) mass is 506 g/mol. The number of sulfonamides is 1. The quantitative estimate of drug-likeness (QED) is 0.400. The molecule has 0 amide bonds. The van der Waals surface area contributed by atoms with E-state index in [1.54, 1.807) is 20.0 Å². The number of pyridine rings is 2. The Hall–Kier alpha value is -3.64. The van der Waals surface area contributed by atoms with Gasteiger partial charge in [-0.15, -0.1) is 0 Å². The average Bonchev–Trinajstić information content (AvgIpc) is 2.81. The SMILES string of the molecule is CNc1ncc2cc(-c3ccc(F)c(NS(=O)(=O)c4cc(Cl)cnc4OC)c3F)c(C)nc2n1. The molecule has 0 radical (unpaired) electrons. The predicted molar refractivity (Wildman–Crippen MR) is 124 cm³/mol. The number of nitrogens with zero attached hydrogens (tertiary/aromatic N) is 4. The molecule has 9 nitrogen and oxygen atoms in total. The van der Waals surface area contributed by atoms with Crippen LogP contribution in [0.25, 0.3) is 22.2 Å². The molecule has 3 heterocycles. The van der Waals surface area contributed by atoms with Crippen molar-refractivity contribution in [3.63, 3.8) is 0 Å². The van der Waals surface area contributed by atoms with E-state index in [1.807, 2.05) is 4.72 Å². The second-order valence-corrected chi connectivity index (χ2v) is 9.12. The lowest BCUT2D eigenvalue weighted by molar-refractivity contribution is 0.385. The fourth-order valence-electron chi connectivity index (χ4n) is 3.24. The van der Waals surface area contributed by atoms with Crippen LogP contribution in [0.2, 0.25) is 5.02 Å². The number of aryl methyl sites for hydroxylation is 1. The van der Waals surface area contributed by atoms with Gasteiger partial charge < -0.3 is 10.1 Å². The first-order valence-electron chi connectivity index (χ1n) is 9.67. The molecule has 3 aromatic heterocycles. The third kappa shape index (κ3) is 4.29. The van der Waals surface area contributed by atoms with Gasteiger partial charge in [0.15, 0.2) is 16.4 Å². The second kappa shape index (κ2) is 8.95. The Morgan fingerprint density at radius 3 is 2.53 bits per heavy atom. The minimum Gasteiger partial charge on any atom is -0.480 e. The summed E-state index contributed by atoms with van der Waals surface area (Å²) in [5.41, 5.74) is 0.145. The molecule has 0 saturated carbocycles. The predicted octanol–water partition coefficient (Wildman–Crippen LogP) is 4.18. The third-order valence-electron chi connectivity index (χ3n) is 4.87. The number of nitrogens with one attached hydrogen (secondary N) is 2. The van der Waals surface area contributed by atoms with E-state index in [4.69, 9.17) is 16.3 Å². The first-order chi connectivity index (χ1) is 16.1. The van der Waals surface area contributed by atoms with Crippen LogP contribution >= 0.6 is 11.6 Å². The minimum absolute atomic E-state index is 0.00242. The number of aromatic nitrogens is 4. The lowest BCUT2D eigenvalue weighted by Crippen LogP contribution is -2.17. The van der Waals surface area contributed by atoms with Crippen LogP contribution in [0, 0.1) is 18.6 Å². The zero-order valence-corrected chi connectivity index (χ0v) is 19.6. The van der Waals surface area contributed by atoms with Gasteiger partial charge in [-0.25, -0.2) is 32.2 Å². The maximum Gasteiger partial charge on any atom is 0.267 e. The molecule has 0 spiro atoms. The van der Waals surface area contributed by atoms with Crippen LogP contribution in [0.1, 0.15) is 5.69 Å². The van der Waals surface area contributed by atoms with E-state index in [-0.39, 0.29) is 16.5 Å². The Balaban J connectivity index is 1.82. The molecule has 0 unspecified atom stereocenters. The third-order valence-corrected chi connectivity index (χ3v) is 6.42. The molecule has 13 heteroatoms. The topological polar surface area (TPSA) is 119 Å². The highest BCUT2D eigenvalue weighted by Gasteiger charge is 2.26. The standard InChI is InChI=1S/C21H17ClF2N6O3S/c1-10-14(6-11-8-27-21(25-2)29-19(11)28-10)13-4-5-15(23)18(17(13)24)30-34(31,32)16-7-12(22)9-26-20(16)33-3/h4-9,30H,1-3H3,(H,25,27,28,29). The number of halogens is 3. The molecule has 2 N–H and O–H groups in total. The number of hydrogen-bond acceptors (Lipinski definition) is 8.